The van der Waals surface area contributed by atoms with E-state index in [1.54, 1.807) is 37.3 Å². The first-order valence-electron chi connectivity index (χ1n) is 7.61. The molecule has 0 spiro atoms. The standard InChI is InChI=1S/C18H16Cl3NO4/c1-10-13(20)4-3-5-15(10)22-17(23)9-25-18(24)11(2)26-16-7-6-12(19)8-14(16)21/h3-8,11H,9H2,1-2H3,(H,22,23)/t11-/m0/s1. The van der Waals surface area contributed by atoms with Gasteiger partial charge in [0.1, 0.15) is 5.75 Å². The molecule has 2 aromatic carbocycles. The van der Waals surface area contributed by atoms with E-state index >= 15 is 0 Å². The number of benzene rings is 2. The molecule has 138 valence electrons. The topological polar surface area (TPSA) is 64.6 Å². The number of rotatable bonds is 6. The van der Waals surface area contributed by atoms with Crippen LogP contribution < -0.4 is 10.1 Å². The summed E-state index contributed by atoms with van der Waals surface area (Å²) in [5.74, 6) is -0.894. The maximum atomic E-state index is 12.0. The molecule has 2 aromatic rings. The number of carbonyl (C=O) groups is 2. The Morgan fingerprint density at radius 2 is 1.85 bits per heavy atom. The Morgan fingerprint density at radius 3 is 2.54 bits per heavy atom. The maximum absolute atomic E-state index is 12.0. The van der Waals surface area contributed by atoms with Gasteiger partial charge in [0, 0.05) is 15.7 Å². The van der Waals surface area contributed by atoms with Crippen molar-refractivity contribution < 1.29 is 19.1 Å². The summed E-state index contributed by atoms with van der Waals surface area (Å²) in [6.45, 7) is 2.81. The highest BCUT2D eigenvalue weighted by atomic mass is 35.5. The second-order valence-electron chi connectivity index (χ2n) is 5.40. The van der Waals surface area contributed by atoms with Crippen molar-refractivity contribution >= 4 is 52.4 Å². The minimum absolute atomic E-state index is 0.270. The number of esters is 1. The van der Waals surface area contributed by atoms with E-state index < -0.39 is 24.6 Å². The number of hydrogen-bond acceptors (Lipinski definition) is 4. The zero-order valence-electron chi connectivity index (χ0n) is 14.0. The Morgan fingerprint density at radius 1 is 1.12 bits per heavy atom. The number of hydrogen-bond donors (Lipinski definition) is 1. The molecule has 0 aromatic heterocycles. The van der Waals surface area contributed by atoms with E-state index in [2.05, 4.69) is 5.32 Å². The van der Waals surface area contributed by atoms with E-state index in [4.69, 9.17) is 44.3 Å². The predicted octanol–water partition coefficient (Wildman–Crippen LogP) is 4.90. The summed E-state index contributed by atoms with van der Waals surface area (Å²) < 4.78 is 10.4. The van der Waals surface area contributed by atoms with Crippen LogP contribution in [0.2, 0.25) is 15.1 Å². The van der Waals surface area contributed by atoms with Crippen molar-refractivity contribution in [3.63, 3.8) is 0 Å². The smallest absolute Gasteiger partial charge is 0.347 e. The lowest BCUT2D eigenvalue weighted by molar-refractivity contribution is -0.153. The van der Waals surface area contributed by atoms with Crippen LogP contribution in [-0.2, 0) is 14.3 Å². The first-order chi connectivity index (χ1) is 12.3. The average molecular weight is 417 g/mol. The van der Waals surface area contributed by atoms with E-state index in [0.717, 1.165) is 5.56 Å². The molecular formula is C18H16Cl3NO4. The van der Waals surface area contributed by atoms with Gasteiger partial charge in [0.15, 0.2) is 12.7 Å². The van der Waals surface area contributed by atoms with Crippen LogP contribution in [0.15, 0.2) is 36.4 Å². The molecule has 0 aliphatic heterocycles. The van der Waals surface area contributed by atoms with Crippen molar-refractivity contribution in [1.82, 2.24) is 0 Å². The minimum atomic E-state index is -0.950. The lowest BCUT2D eigenvalue weighted by Gasteiger charge is -2.15. The van der Waals surface area contributed by atoms with Crippen LogP contribution in [0, 0.1) is 6.92 Å². The van der Waals surface area contributed by atoms with Gasteiger partial charge in [0.25, 0.3) is 5.91 Å². The molecule has 26 heavy (non-hydrogen) atoms. The van der Waals surface area contributed by atoms with Crippen molar-refractivity contribution in [3.05, 3.63) is 57.0 Å². The second-order valence-corrected chi connectivity index (χ2v) is 6.65. The summed E-state index contributed by atoms with van der Waals surface area (Å²) in [7, 11) is 0. The molecule has 0 aliphatic carbocycles. The van der Waals surface area contributed by atoms with Crippen molar-refractivity contribution in [2.45, 2.75) is 20.0 Å². The van der Waals surface area contributed by atoms with Gasteiger partial charge in [-0.25, -0.2) is 4.79 Å². The number of amides is 1. The molecule has 5 nitrogen and oxygen atoms in total. The number of ether oxygens (including phenoxy) is 2. The molecule has 0 heterocycles. The normalized spacial score (nSPS) is 11.6. The SMILES string of the molecule is Cc1c(Cl)cccc1NC(=O)COC(=O)[C@H](C)Oc1ccc(Cl)cc1Cl. The fraction of sp³-hybridized carbons (Fsp3) is 0.222. The highest BCUT2D eigenvalue weighted by Crippen LogP contribution is 2.28. The molecule has 8 heteroatoms. The van der Waals surface area contributed by atoms with Crippen molar-refractivity contribution in [2.75, 3.05) is 11.9 Å². The predicted molar refractivity (Wildman–Crippen MR) is 102 cm³/mol. The lowest BCUT2D eigenvalue weighted by Crippen LogP contribution is -2.30. The zero-order valence-corrected chi connectivity index (χ0v) is 16.3. The van der Waals surface area contributed by atoms with Crippen molar-refractivity contribution in [2.24, 2.45) is 0 Å². The number of halogens is 3. The summed E-state index contributed by atoms with van der Waals surface area (Å²) >= 11 is 17.8. The summed E-state index contributed by atoms with van der Waals surface area (Å²) in [6.07, 6.45) is -0.950. The summed E-state index contributed by atoms with van der Waals surface area (Å²) in [5, 5.41) is 3.88. The van der Waals surface area contributed by atoms with Crippen LogP contribution in [0.4, 0.5) is 5.69 Å². The fourth-order valence-electron chi connectivity index (χ4n) is 1.99. The monoisotopic (exact) mass is 415 g/mol. The molecule has 2 rings (SSSR count). The van der Waals surface area contributed by atoms with Gasteiger partial charge in [0.2, 0.25) is 0 Å². The third-order valence-electron chi connectivity index (χ3n) is 3.42. The quantitative estimate of drug-likeness (QED) is 0.680. The van der Waals surface area contributed by atoms with Gasteiger partial charge in [-0.05, 0) is 49.7 Å². The summed E-state index contributed by atoms with van der Waals surface area (Å²) in [4.78, 5) is 23.9. The molecule has 1 amide bonds. The number of carbonyl (C=O) groups excluding carboxylic acids is 2. The van der Waals surface area contributed by atoms with E-state index in [1.165, 1.54) is 13.0 Å². The van der Waals surface area contributed by atoms with Crippen molar-refractivity contribution in [3.8, 4) is 5.75 Å². The van der Waals surface area contributed by atoms with Crippen LogP contribution in [-0.4, -0.2) is 24.6 Å². The first kappa shape index (κ1) is 20.4. The zero-order chi connectivity index (χ0) is 19.3. The van der Waals surface area contributed by atoms with Gasteiger partial charge in [-0.15, -0.1) is 0 Å². The highest BCUT2D eigenvalue weighted by Gasteiger charge is 2.19. The molecule has 0 saturated carbocycles. The highest BCUT2D eigenvalue weighted by molar-refractivity contribution is 6.35. The fourth-order valence-corrected chi connectivity index (χ4v) is 2.62. The van der Waals surface area contributed by atoms with Gasteiger partial charge < -0.3 is 14.8 Å². The largest absolute Gasteiger partial charge is 0.477 e. The Balaban J connectivity index is 1.87. The van der Waals surface area contributed by atoms with Crippen LogP contribution in [0.5, 0.6) is 5.75 Å². The summed E-state index contributed by atoms with van der Waals surface area (Å²) in [5.41, 5.74) is 1.28. The lowest BCUT2D eigenvalue weighted by atomic mass is 10.2. The van der Waals surface area contributed by atoms with Crippen LogP contribution in [0.3, 0.4) is 0 Å². The van der Waals surface area contributed by atoms with Crippen LogP contribution in [0.25, 0.3) is 0 Å². The van der Waals surface area contributed by atoms with Gasteiger partial charge in [-0.3, -0.25) is 4.79 Å². The molecule has 0 unspecified atom stereocenters. The van der Waals surface area contributed by atoms with Crippen molar-refractivity contribution in [1.29, 1.82) is 0 Å². The molecule has 1 atom stereocenters. The van der Waals surface area contributed by atoms with E-state index in [1.807, 2.05) is 0 Å². The second kappa shape index (κ2) is 9.12. The van der Waals surface area contributed by atoms with E-state index in [9.17, 15) is 9.59 Å². The number of nitrogens with one attached hydrogen (secondary N) is 1. The molecule has 0 aliphatic rings. The summed E-state index contributed by atoms with van der Waals surface area (Å²) in [6, 6.07) is 9.76. The molecule has 0 radical (unpaired) electrons. The van der Waals surface area contributed by atoms with E-state index in [-0.39, 0.29) is 5.02 Å². The molecule has 0 fully saturated rings. The van der Waals surface area contributed by atoms with Gasteiger partial charge >= 0.3 is 5.97 Å². The Labute approximate surface area is 166 Å². The van der Waals surface area contributed by atoms with Gasteiger partial charge in [-0.2, -0.15) is 0 Å². The Kier molecular flexibility index (Phi) is 7.14. The third kappa shape index (κ3) is 5.53. The molecule has 1 N–H and O–H groups in total. The third-order valence-corrected chi connectivity index (χ3v) is 4.36. The van der Waals surface area contributed by atoms with E-state index in [0.29, 0.717) is 21.5 Å². The van der Waals surface area contributed by atoms with Crippen LogP contribution >= 0.6 is 34.8 Å². The molecular weight excluding hydrogens is 401 g/mol. The molecule has 0 bridgehead atoms. The maximum Gasteiger partial charge on any atom is 0.347 e. The first-order valence-corrected chi connectivity index (χ1v) is 8.74. The average Bonchev–Trinajstić information content (AvgIpc) is 2.59. The minimum Gasteiger partial charge on any atom is -0.477 e. The van der Waals surface area contributed by atoms with Gasteiger partial charge in [-0.1, -0.05) is 40.9 Å². The van der Waals surface area contributed by atoms with Gasteiger partial charge in [0.05, 0.1) is 5.02 Å². The number of anilines is 1. The Bertz CT molecular complexity index is 826. The van der Waals surface area contributed by atoms with Crippen LogP contribution in [0.1, 0.15) is 12.5 Å². The Hall–Kier alpha value is -1.95. The molecule has 0 saturated heterocycles.